The molecule has 2 aromatic carbocycles. The number of aliphatic hydroxyl groups excluding tert-OH is 2. The van der Waals surface area contributed by atoms with Crippen LogP contribution >= 0.6 is 6.64 Å². The predicted octanol–water partition coefficient (Wildman–Crippen LogP) is 3.31. The minimum absolute atomic E-state index is 0.0159. The average Bonchev–Trinajstić information content (AvgIpc) is 3.41. The van der Waals surface area contributed by atoms with E-state index in [0.717, 1.165) is 16.3 Å². The molecule has 0 radical (unpaired) electrons. The molecule has 4 aromatic rings. The molecule has 0 aliphatic heterocycles. The number of alkyl halides is 2. The van der Waals surface area contributed by atoms with E-state index in [1.807, 2.05) is 18.2 Å². The molecule has 4 rings (SSSR count). The highest BCUT2D eigenvalue weighted by molar-refractivity contribution is 8.09. The maximum atomic E-state index is 14.4. The number of hydrogen-bond acceptors (Lipinski definition) is 12. The number of nitrogens with two attached hydrogens (primary N) is 1. The maximum Gasteiger partial charge on any atom is 0.323 e. The van der Waals surface area contributed by atoms with Gasteiger partial charge in [0.05, 0.1) is 25.6 Å². The Labute approximate surface area is 256 Å². The largest absolute Gasteiger partial charge is 0.462 e. The van der Waals surface area contributed by atoms with E-state index < -0.39 is 62.8 Å². The summed E-state index contributed by atoms with van der Waals surface area (Å²) in [6.45, 7) is -0.622. The summed E-state index contributed by atoms with van der Waals surface area (Å²) in [7, 11) is 0. The van der Waals surface area contributed by atoms with Crippen molar-refractivity contribution in [2.45, 2.75) is 57.8 Å². The Morgan fingerprint density at radius 1 is 1.14 bits per heavy atom. The highest BCUT2D eigenvalue weighted by Gasteiger charge is 2.35. The van der Waals surface area contributed by atoms with Crippen molar-refractivity contribution >= 4 is 52.2 Å². The van der Waals surface area contributed by atoms with E-state index in [0.29, 0.717) is 11.1 Å². The number of nitrogens with one attached hydrogen (secondary N) is 1. The minimum Gasteiger partial charge on any atom is -0.462 e. The molecule has 5 unspecified atom stereocenters. The first-order chi connectivity index (χ1) is 20.9. The second kappa shape index (κ2) is 14.6. The summed E-state index contributed by atoms with van der Waals surface area (Å²) in [5.41, 5.74) is 6.04. The standard InChI is InChI=1S/C27H33F2N6O7PS/c1-15(2)40-27(38)16(3)34-43(44,42-20-10-6-8-17-7-4-5-9-18(17)20)39-12-21(23(28)29)41-26(19(37)11-36)35-14-33-22-24(30)31-13-32-25(22)35/h4-10,13-16,19,21,23,26,36-37H,11-12H2,1-3H3,(H,34,44)(H2,30,31,32). The number of esters is 1. The number of ether oxygens (including phenoxy) is 2. The van der Waals surface area contributed by atoms with Crippen LogP contribution in [0.25, 0.3) is 21.9 Å². The molecule has 0 fully saturated rings. The molecule has 238 valence electrons. The molecule has 0 aliphatic rings. The molecule has 2 aromatic heterocycles. The first kappa shape index (κ1) is 33.5. The monoisotopic (exact) mass is 654 g/mol. The zero-order chi connectivity index (χ0) is 32.0. The molecular weight excluding hydrogens is 621 g/mol. The smallest absolute Gasteiger partial charge is 0.323 e. The Morgan fingerprint density at radius 2 is 1.86 bits per heavy atom. The Kier molecular flexibility index (Phi) is 11.1. The number of benzene rings is 2. The van der Waals surface area contributed by atoms with Crippen molar-refractivity contribution in [3.05, 3.63) is 55.1 Å². The number of halogens is 2. The van der Waals surface area contributed by atoms with E-state index in [9.17, 15) is 23.8 Å². The minimum atomic E-state index is -3.77. The van der Waals surface area contributed by atoms with Crippen molar-refractivity contribution in [1.82, 2.24) is 24.6 Å². The summed E-state index contributed by atoms with van der Waals surface area (Å²) < 4.78 is 52.8. The summed E-state index contributed by atoms with van der Waals surface area (Å²) in [4.78, 5) is 24.6. The number of nitrogens with zero attached hydrogens (tertiary/aromatic N) is 4. The van der Waals surface area contributed by atoms with Crippen LogP contribution in [0.15, 0.2) is 55.1 Å². The number of nitrogen functional groups attached to an aromatic ring is 1. The maximum absolute atomic E-state index is 14.4. The van der Waals surface area contributed by atoms with E-state index in [2.05, 4.69) is 20.0 Å². The zero-order valence-electron chi connectivity index (χ0n) is 24.0. The molecule has 44 heavy (non-hydrogen) atoms. The first-order valence-corrected chi connectivity index (χ1v) is 16.1. The van der Waals surface area contributed by atoms with Gasteiger partial charge in [0.15, 0.2) is 17.7 Å². The van der Waals surface area contributed by atoms with E-state index in [4.69, 9.17) is 36.1 Å². The van der Waals surface area contributed by atoms with Crippen molar-refractivity contribution in [2.75, 3.05) is 18.9 Å². The number of fused-ring (bicyclic) bond motifs is 2. The van der Waals surface area contributed by atoms with Gasteiger partial charge in [-0.15, -0.1) is 0 Å². The predicted molar refractivity (Wildman–Crippen MR) is 161 cm³/mol. The van der Waals surface area contributed by atoms with Gasteiger partial charge < -0.3 is 34.5 Å². The Morgan fingerprint density at radius 3 is 2.57 bits per heavy atom. The normalized spacial score (nSPS) is 16.1. The quantitative estimate of drug-likeness (QED) is 0.109. The second-order valence-corrected chi connectivity index (χ2v) is 13.1. The van der Waals surface area contributed by atoms with E-state index in [1.165, 1.54) is 13.3 Å². The molecule has 0 saturated heterocycles. The molecule has 13 nitrogen and oxygen atoms in total. The average molecular weight is 655 g/mol. The lowest BCUT2D eigenvalue weighted by Gasteiger charge is -2.31. The molecule has 17 heteroatoms. The number of aromatic nitrogens is 4. The van der Waals surface area contributed by atoms with Crippen molar-refractivity contribution in [3.8, 4) is 5.75 Å². The van der Waals surface area contributed by atoms with Crippen molar-refractivity contribution in [2.24, 2.45) is 0 Å². The first-order valence-electron chi connectivity index (χ1n) is 13.5. The number of anilines is 1. The van der Waals surface area contributed by atoms with Crippen LogP contribution in [0.4, 0.5) is 14.6 Å². The fraction of sp³-hybridized carbons (Fsp3) is 0.407. The Hall–Kier alpha value is -3.37. The van der Waals surface area contributed by atoms with Crippen molar-refractivity contribution in [1.29, 1.82) is 0 Å². The fourth-order valence-electron chi connectivity index (χ4n) is 4.13. The van der Waals surface area contributed by atoms with Gasteiger partial charge in [-0.1, -0.05) is 36.4 Å². The van der Waals surface area contributed by atoms with E-state index >= 15 is 0 Å². The van der Waals surface area contributed by atoms with Crippen LogP contribution in [-0.4, -0.2) is 79.7 Å². The molecular formula is C27H33F2N6O7PS. The molecule has 2 heterocycles. The summed E-state index contributed by atoms with van der Waals surface area (Å²) in [6, 6.07) is 11.5. The lowest BCUT2D eigenvalue weighted by molar-refractivity contribution is -0.171. The SMILES string of the molecule is CC(C)OC(=O)C(C)NP(=S)(OCC(OC(C(O)CO)n1cnc2c(N)ncnc21)C(F)F)Oc1cccc2ccccc12. The van der Waals surface area contributed by atoms with Gasteiger partial charge in [0.1, 0.15) is 35.8 Å². The van der Waals surface area contributed by atoms with Gasteiger partial charge in [-0.2, -0.15) is 0 Å². The third kappa shape index (κ3) is 8.01. The van der Waals surface area contributed by atoms with E-state index in [1.54, 1.807) is 38.1 Å². The van der Waals surface area contributed by atoms with Crippen LogP contribution in [0, 0.1) is 0 Å². The van der Waals surface area contributed by atoms with Crippen LogP contribution in [-0.2, 0) is 30.6 Å². The zero-order valence-corrected chi connectivity index (χ0v) is 25.7. The van der Waals surface area contributed by atoms with Crippen LogP contribution in [0.3, 0.4) is 0 Å². The molecule has 0 aliphatic carbocycles. The number of aliphatic hydroxyl groups is 2. The molecule has 0 saturated carbocycles. The van der Waals surface area contributed by atoms with Gasteiger partial charge in [0, 0.05) is 5.39 Å². The molecule has 5 atom stereocenters. The van der Waals surface area contributed by atoms with Crippen LogP contribution < -0.4 is 15.3 Å². The fourth-order valence-corrected chi connectivity index (χ4v) is 6.55. The van der Waals surface area contributed by atoms with Crippen LogP contribution in [0.1, 0.15) is 27.0 Å². The molecule has 0 bridgehead atoms. The third-order valence-electron chi connectivity index (χ3n) is 6.21. The highest BCUT2D eigenvalue weighted by Crippen LogP contribution is 2.47. The van der Waals surface area contributed by atoms with Gasteiger partial charge in [0.2, 0.25) is 0 Å². The van der Waals surface area contributed by atoms with Gasteiger partial charge in [-0.25, -0.2) is 28.8 Å². The molecule has 0 amide bonds. The highest BCUT2D eigenvalue weighted by atomic mass is 32.5. The van der Waals surface area contributed by atoms with Crippen molar-refractivity contribution in [3.63, 3.8) is 0 Å². The van der Waals surface area contributed by atoms with Gasteiger partial charge in [-0.3, -0.25) is 9.36 Å². The number of imidazole rings is 1. The van der Waals surface area contributed by atoms with Gasteiger partial charge in [0.25, 0.3) is 6.43 Å². The van der Waals surface area contributed by atoms with E-state index in [-0.39, 0.29) is 17.0 Å². The topological polar surface area (TPSA) is 176 Å². The second-order valence-electron chi connectivity index (χ2n) is 9.93. The molecule has 5 N–H and O–H groups in total. The summed E-state index contributed by atoms with van der Waals surface area (Å²) >= 11 is 5.72. The summed E-state index contributed by atoms with van der Waals surface area (Å²) in [5.74, 6) is -0.337. The third-order valence-corrected chi connectivity index (χ3v) is 8.69. The Balaban J connectivity index is 1.62. The summed E-state index contributed by atoms with van der Waals surface area (Å²) in [6.07, 6.45) is -6.55. The van der Waals surface area contributed by atoms with Crippen LogP contribution in [0.2, 0.25) is 0 Å². The number of rotatable bonds is 15. The van der Waals surface area contributed by atoms with Gasteiger partial charge in [-0.05, 0) is 44.0 Å². The number of carbonyl (C=O) groups is 1. The summed E-state index contributed by atoms with van der Waals surface area (Å²) in [5, 5.41) is 24.5. The number of carbonyl (C=O) groups excluding carboxylic acids is 1. The van der Waals surface area contributed by atoms with Gasteiger partial charge >= 0.3 is 12.6 Å². The number of hydrogen-bond donors (Lipinski definition) is 4. The van der Waals surface area contributed by atoms with Crippen LogP contribution in [0.5, 0.6) is 5.75 Å². The lowest BCUT2D eigenvalue weighted by atomic mass is 10.1. The lowest BCUT2D eigenvalue weighted by Crippen LogP contribution is -2.39. The molecule has 0 spiro atoms. The van der Waals surface area contributed by atoms with Crippen molar-refractivity contribution < 1.29 is 42.3 Å². The Bertz CT molecular complexity index is 1620.